The van der Waals surface area contributed by atoms with Crippen molar-refractivity contribution < 1.29 is 4.79 Å². The number of nitrogens with one attached hydrogen (secondary N) is 3. The van der Waals surface area contributed by atoms with Crippen molar-refractivity contribution in [2.45, 2.75) is 19.8 Å². The lowest BCUT2D eigenvalue weighted by atomic mass is 10.0. The number of carbonyl (C=O) groups excluding carboxylic acids is 1. The van der Waals surface area contributed by atoms with Gasteiger partial charge in [-0.25, -0.2) is 0 Å². The van der Waals surface area contributed by atoms with E-state index in [0.717, 1.165) is 22.2 Å². The average molecular weight is 345 g/mol. The number of fused-ring (bicyclic) bond motifs is 1. The minimum atomic E-state index is -0.448. The summed E-state index contributed by atoms with van der Waals surface area (Å²) in [7, 11) is 0. The zero-order valence-corrected chi connectivity index (χ0v) is 14.6. The molecule has 1 aromatic heterocycles. The highest BCUT2D eigenvalue weighted by Crippen LogP contribution is 2.24. The Bertz CT molecular complexity index is 1010. The minimum Gasteiger partial charge on any atom is -0.360 e. The minimum absolute atomic E-state index is 0.00623. The summed E-state index contributed by atoms with van der Waals surface area (Å²) in [5.41, 5.74) is 3.36. The molecule has 0 saturated heterocycles. The summed E-state index contributed by atoms with van der Waals surface area (Å²) in [6.45, 7) is 4.11. The van der Waals surface area contributed by atoms with Crippen LogP contribution in [-0.4, -0.2) is 16.1 Å². The van der Waals surface area contributed by atoms with Crippen LogP contribution in [0.5, 0.6) is 0 Å². The Morgan fingerprint density at radius 3 is 2.85 bits per heavy atom. The molecule has 0 aliphatic carbocycles. The second kappa shape index (κ2) is 7.53. The number of hydrogen-bond donors (Lipinski definition) is 3. The van der Waals surface area contributed by atoms with Gasteiger partial charge >= 0.3 is 0 Å². The predicted octanol–water partition coefficient (Wildman–Crippen LogP) is 4.14. The molecule has 6 heteroatoms. The van der Waals surface area contributed by atoms with Crippen LogP contribution in [-0.2, 0) is 4.79 Å². The van der Waals surface area contributed by atoms with Crippen LogP contribution < -0.4 is 10.6 Å². The molecule has 2 aromatic carbocycles. The van der Waals surface area contributed by atoms with Gasteiger partial charge in [0.05, 0.1) is 11.7 Å². The Kier molecular flexibility index (Phi) is 4.99. The van der Waals surface area contributed by atoms with Crippen LogP contribution in [0.2, 0.25) is 0 Å². The number of aromatic nitrogens is 2. The highest BCUT2D eigenvalue weighted by molar-refractivity contribution is 6.07. The van der Waals surface area contributed by atoms with E-state index in [9.17, 15) is 10.1 Å². The highest BCUT2D eigenvalue weighted by atomic mass is 16.1. The maximum Gasteiger partial charge on any atom is 0.267 e. The molecule has 26 heavy (non-hydrogen) atoms. The number of hydrogen-bond acceptors (Lipinski definition) is 4. The fraction of sp³-hybridized carbons (Fsp3) is 0.150. The standard InChI is InChI=1S/C20H19N5O/c1-13(2)17-5-3-4-6-18(17)24-20(26)15(10-21)11-22-16-8-7-14-12-23-25-19(14)9-16/h3-9,11-13,22H,1-2H3,(H,23,25)(H,24,26)/b15-11-. The number of amides is 1. The molecule has 0 atom stereocenters. The second-order valence-electron chi connectivity index (χ2n) is 6.18. The number of nitrogens with zero attached hydrogens (tertiary/aromatic N) is 2. The van der Waals surface area contributed by atoms with Crippen LogP contribution in [0, 0.1) is 11.3 Å². The zero-order chi connectivity index (χ0) is 18.5. The smallest absolute Gasteiger partial charge is 0.267 e. The molecular weight excluding hydrogens is 326 g/mol. The molecule has 0 unspecified atom stereocenters. The number of para-hydroxylation sites is 1. The summed E-state index contributed by atoms with van der Waals surface area (Å²) in [5, 5.41) is 23.0. The lowest BCUT2D eigenvalue weighted by Crippen LogP contribution is -2.16. The Morgan fingerprint density at radius 2 is 2.08 bits per heavy atom. The maximum absolute atomic E-state index is 12.5. The maximum atomic E-state index is 12.5. The molecule has 0 aliphatic heterocycles. The summed E-state index contributed by atoms with van der Waals surface area (Å²) in [6.07, 6.45) is 3.14. The van der Waals surface area contributed by atoms with E-state index in [2.05, 4.69) is 34.7 Å². The highest BCUT2D eigenvalue weighted by Gasteiger charge is 2.13. The van der Waals surface area contributed by atoms with Gasteiger partial charge in [-0.15, -0.1) is 0 Å². The molecule has 0 spiro atoms. The van der Waals surface area contributed by atoms with Crippen LogP contribution in [0.1, 0.15) is 25.3 Å². The van der Waals surface area contributed by atoms with Crippen molar-refractivity contribution in [1.29, 1.82) is 5.26 Å². The molecule has 3 N–H and O–H groups in total. The van der Waals surface area contributed by atoms with Crippen LogP contribution in [0.4, 0.5) is 11.4 Å². The Labute approximate surface area is 151 Å². The lowest BCUT2D eigenvalue weighted by Gasteiger charge is -2.13. The van der Waals surface area contributed by atoms with E-state index < -0.39 is 5.91 Å². The van der Waals surface area contributed by atoms with Crippen LogP contribution in [0.15, 0.2) is 60.4 Å². The third-order valence-electron chi connectivity index (χ3n) is 4.02. The first-order valence-corrected chi connectivity index (χ1v) is 8.28. The van der Waals surface area contributed by atoms with Gasteiger partial charge in [0.2, 0.25) is 0 Å². The molecule has 6 nitrogen and oxygen atoms in total. The molecule has 0 bridgehead atoms. The van der Waals surface area contributed by atoms with Gasteiger partial charge in [-0.05, 0) is 35.7 Å². The van der Waals surface area contributed by atoms with E-state index in [1.54, 1.807) is 6.20 Å². The largest absolute Gasteiger partial charge is 0.360 e. The summed E-state index contributed by atoms with van der Waals surface area (Å²) < 4.78 is 0. The van der Waals surface area contributed by atoms with Crippen molar-refractivity contribution in [1.82, 2.24) is 10.2 Å². The summed E-state index contributed by atoms with van der Waals surface area (Å²) >= 11 is 0. The fourth-order valence-electron chi connectivity index (χ4n) is 2.63. The third-order valence-corrected chi connectivity index (χ3v) is 4.02. The molecule has 0 saturated carbocycles. The van der Waals surface area contributed by atoms with Crippen molar-refractivity contribution in [2.24, 2.45) is 0 Å². The van der Waals surface area contributed by atoms with E-state index in [1.807, 2.05) is 48.5 Å². The first-order chi connectivity index (χ1) is 12.6. The van der Waals surface area contributed by atoms with Gasteiger partial charge in [-0.3, -0.25) is 9.89 Å². The third kappa shape index (κ3) is 3.73. The number of rotatable bonds is 5. The van der Waals surface area contributed by atoms with Crippen molar-refractivity contribution in [3.63, 3.8) is 0 Å². The zero-order valence-electron chi connectivity index (χ0n) is 14.6. The second-order valence-corrected chi connectivity index (χ2v) is 6.18. The number of H-pyrrole nitrogens is 1. The summed E-state index contributed by atoms with van der Waals surface area (Å²) in [6, 6.07) is 15.1. The topological polar surface area (TPSA) is 93.6 Å². The number of benzene rings is 2. The van der Waals surface area contributed by atoms with E-state index in [-0.39, 0.29) is 11.5 Å². The van der Waals surface area contributed by atoms with Gasteiger partial charge in [-0.1, -0.05) is 32.0 Å². The SMILES string of the molecule is CC(C)c1ccccc1NC(=O)/C(C#N)=C\Nc1ccc2cn[nH]c2c1. The van der Waals surface area contributed by atoms with Gasteiger partial charge < -0.3 is 10.6 Å². The van der Waals surface area contributed by atoms with E-state index in [1.165, 1.54) is 6.20 Å². The number of anilines is 2. The molecule has 0 fully saturated rings. The number of carbonyl (C=O) groups is 1. The van der Waals surface area contributed by atoms with Crippen LogP contribution in [0.25, 0.3) is 10.9 Å². The predicted molar refractivity (Wildman–Crippen MR) is 103 cm³/mol. The van der Waals surface area contributed by atoms with Gasteiger partial charge in [0.25, 0.3) is 5.91 Å². The molecule has 3 rings (SSSR count). The van der Waals surface area contributed by atoms with Crippen molar-refractivity contribution in [2.75, 3.05) is 10.6 Å². The van der Waals surface area contributed by atoms with E-state index in [0.29, 0.717) is 5.69 Å². The quantitative estimate of drug-likeness (QED) is 0.478. The monoisotopic (exact) mass is 345 g/mol. The Morgan fingerprint density at radius 1 is 1.27 bits per heavy atom. The normalized spacial score (nSPS) is 11.4. The summed E-state index contributed by atoms with van der Waals surface area (Å²) in [5.74, 6) is -0.184. The average Bonchev–Trinajstić information content (AvgIpc) is 3.10. The fourth-order valence-corrected chi connectivity index (χ4v) is 2.63. The van der Waals surface area contributed by atoms with Crippen LogP contribution in [0.3, 0.4) is 0 Å². The molecule has 1 heterocycles. The lowest BCUT2D eigenvalue weighted by molar-refractivity contribution is -0.112. The van der Waals surface area contributed by atoms with Gasteiger partial charge in [0, 0.05) is 23.0 Å². The van der Waals surface area contributed by atoms with E-state index >= 15 is 0 Å². The van der Waals surface area contributed by atoms with Gasteiger partial charge in [0.15, 0.2) is 0 Å². The van der Waals surface area contributed by atoms with Crippen LogP contribution >= 0.6 is 0 Å². The molecule has 0 aliphatic rings. The molecular formula is C20H19N5O. The van der Waals surface area contributed by atoms with E-state index in [4.69, 9.17) is 0 Å². The molecule has 1 amide bonds. The Balaban J connectivity index is 1.76. The number of aromatic amines is 1. The Hall–Kier alpha value is -3.59. The molecule has 0 radical (unpaired) electrons. The van der Waals surface area contributed by atoms with Gasteiger partial charge in [0.1, 0.15) is 11.6 Å². The van der Waals surface area contributed by atoms with Crippen molar-refractivity contribution in [3.8, 4) is 6.07 Å². The van der Waals surface area contributed by atoms with Crippen molar-refractivity contribution >= 4 is 28.2 Å². The number of nitriles is 1. The molecule has 3 aromatic rings. The summed E-state index contributed by atoms with van der Waals surface area (Å²) in [4.78, 5) is 12.5. The van der Waals surface area contributed by atoms with Gasteiger partial charge in [-0.2, -0.15) is 10.4 Å². The first-order valence-electron chi connectivity index (χ1n) is 8.28. The first kappa shape index (κ1) is 17.2. The van der Waals surface area contributed by atoms with Crippen molar-refractivity contribution in [3.05, 3.63) is 66.0 Å². The molecule has 130 valence electrons.